The average molecular weight is 308 g/mol. The first kappa shape index (κ1) is 13.4. The molecule has 3 heteroatoms. The molecule has 96 valence electrons. The molecule has 0 amide bonds. The van der Waals surface area contributed by atoms with Gasteiger partial charge in [0, 0.05) is 0 Å². The summed E-state index contributed by atoms with van der Waals surface area (Å²) in [5.74, 6) is 0.785. The van der Waals surface area contributed by atoms with Crippen molar-refractivity contribution in [2.24, 2.45) is 5.73 Å². The van der Waals surface area contributed by atoms with Crippen LogP contribution >= 0.6 is 15.9 Å². The molecule has 18 heavy (non-hydrogen) atoms. The lowest BCUT2D eigenvalue weighted by Gasteiger charge is -2.13. The molecule has 1 aromatic carbocycles. The van der Waals surface area contributed by atoms with E-state index in [2.05, 4.69) is 48.0 Å². The third kappa shape index (κ3) is 2.68. The predicted molar refractivity (Wildman–Crippen MR) is 77.6 cm³/mol. The van der Waals surface area contributed by atoms with Crippen molar-refractivity contribution in [1.29, 1.82) is 0 Å². The Morgan fingerprint density at radius 3 is 2.39 bits per heavy atom. The lowest BCUT2D eigenvalue weighted by atomic mass is 9.96. The number of benzene rings is 1. The highest BCUT2D eigenvalue weighted by atomic mass is 79.9. The van der Waals surface area contributed by atoms with Gasteiger partial charge in [-0.05, 0) is 57.6 Å². The van der Waals surface area contributed by atoms with Crippen LogP contribution in [-0.2, 0) is 12.8 Å². The van der Waals surface area contributed by atoms with Crippen LogP contribution in [0.2, 0.25) is 0 Å². The maximum atomic E-state index is 6.23. The molecule has 0 fully saturated rings. The van der Waals surface area contributed by atoms with Crippen molar-refractivity contribution >= 4 is 15.9 Å². The first-order chi connectivity index (χ1) is 8.65. The quantitative estimate of drug-likeness (QED) is 0.918. The fourth-order valence-electron chi connectivity index (χ4n) is 2.17. The number of hydrogen-bond donors (Lipinski definition) is 1. The molecule has 1 aromatic heterocycles. The van der Waals surface area contributed by atoms with Crippen LogP contribution in [0.3, 0.4) is 0 Å². The molecule has 0 bridgehead atoms. The van der Waals surface area contributed by atoms with E-state index in [9.17, 15) is 0 Å². The van der Waals surface area contributed by atoms with Crippen LogP contribution in [0.4, 0.5) is 0 Å². The molecule has 2 N–H and O–H groups in total. The molecule has 0 aliphatic heterocycles. The van der Waals surface area contributed by atoms with E-state index in [4.69, 9.17) is 10.2 Å². The summed E-state index contributed by atoms with van der Waals surface area (Å²) in [6, 6.07) is 10.0. The second-order valence-electron chi connectivity index (χ2n) is 4.35. The largest absolute Gasteiger partial charge is 0.452 e. The standard InChI is InChI=1S/C15H18BrNO/c1-3-10-5-6-12(9-11(10)4-2)15(17)13-7-8-14(16)18-13/h5-9,15H,3-4,17H2,1-2H3. The van der Waals surface area contributed by atoms with Gasteiger partial charge in [-0.1, -0.05) is 32.0 Å². The summed E-state index contributed by atoms with van der Waals surface area (Å²) in [6.07, 6.45) is 2.09. The summed E-state index contributed by atoms with van der Waals surface area (Å²) < 4.78 is 6.24. The van der Waals surface area contributed by atoms with Gasteiger partial charge >= 0.3 is 0 Å². The molecule has 1 heterocycles. The highest BCUT2D eigenvalue weighted by Crippen LogP contribution is 2.26. The van der Waals surface area contributed by atoms with Crippen LogP contribution in [0.1, 0.15) is 42.3 Å². The van der Waals surface area contributed by atoms with Crippen molar-refractivity contribution in [1.82, 2.24) is 0 Å². The van der Waals surface area contributed by atoms with Gasteiger partial charge < -0.3 is 10.2 Å². The minimum absolute atomic E-state index is 0.201. The van der Waals surface area contributed by atoms with Gasteiger partial charge in [0.15, 0.2) is 4.67 Å². The fourth-order valence-corrected chi connectivity index (χ4v) is 2.49. The van der Waals surface area contributed by atoms with Crippen LogP contribution < -0.4 is 5.73 Å². The molecule has 0 aliphatic carbocycles. The van der Waals surface area contributed by atoms with Crippen molar-refractivity contribution in [3.8, 4) is 0 Å². The Morgan fingerprint density at radius 2 is 1.83 bits per heavy atom. The number of hydrogen-bond acceptors (Lipinski definition) is 2. The molecule has 2 rings (SSSR count). The number of nitrogens with two attached hydrogens (primary N) is 1. The Labute approximate surface area is 116 Å². The van der Waals surface area contributed by atoms with Crippen molar-refractivity contribution < 1.29 is 4.42 Å². The Hall–Kier alpha value is -1.06. The average Bonchev–Trinajstić information content (AvgIpc) is 2.83. The second kappa shape index (κ2) is 5.72. The Bertz CT molecular complexity index is 533. The van der Waals surface area contributed by atoms with Crippen molar-refractivity contribution in [3.05, 3.63) is 57.5 Å². The van der Waals surface area contributed by atoms with Gasteiger partial charge in [-0.25, -0.2) is 0 Å². The summed E-state index contributed by atoms with van der Waals surface area (Å²) in [5, 5.41) is 0. The number of halogens is 1. The molecule has 2 nitrogen and oxygen atoms in total. The van der Waals surface area contributed by atoms with Gasteiger partial charge in [-0.15, -0.1) is 0 Å². The van der Waals surface area contributed by atoms with E-state index in [-0.39, 0.29) is 6.04 Å². The molecule has 1 atom stereocenters. The smallest absolute Gasteiger partial charge is 0.169 e. The monoisotopic (exact) mass is 307 g/mol. The van der Waals surface area contributed by atoms with Gasteiger partial charge in [0.05, 0.1) is 6.04 Å². The highest BCUT2D eigenvalue weighted by Gasteiger charge is 2.14. The molecule has 0 aliphatic rings. The maximum Gasteiger partial charge on any atom is 0.169 e. The molecule has 0 saturated carbocycles. The van der Waals surface area contributed by atoms with Crippen LogP contribution in [-0.4, -0.2) is 0 Å². The molecule has 2 aromatic rings. The van der Waals surface area contributed by atoms with Crippen LogP contribution in [0.5, 0.6) is 0 Å². The minimum atomic E-state index is -0.201. The summed E-state index contributed by atoms with van der Waals surface area (Å²) in [6.45, 7) is 4.35. The summed E-state index contributed by atoms with van der Waals surface area (Å²) >= 11 is 3.30. The highest BCUT2D eigenvalue weighted by molar-refractivity contribution is 9.10. The van der Waals surface area contributed by atoms with Crippen molar-refractivity contribution in [3.63, 3.8) is 0 Å². The lowest BCUT2D eigenvalue weighted by Crippen LogP contribution is -2.11. The summed E-state index contributed by atoms with van der Waals surface area (Å²) in [4.78, 5) is 0. The third-order valence-corrected chi connectivity index (χ3v) is 3.68. The van der Waals surface area contributed by atoms with Gasteiger partial charge in [0.2, 0.25) is 0 Å². The molecule has 0 spiro atoms. The SMILES string of the molecule is CCc1ccc(C(N)c2ccc(Br)o2)cc1CC. The zero-order chi connectivity index (χ0) is 13.1. The zero-order valence-electron chi connectivity index (χ0n) is 10.7. The van der Waals surface area contributed by atoms with Crippen LogP contribution in [0.15, 0.2) is 39.4 Å². The molecular weight excluding hydrogens is 290 g/mol. The predicted octanol–water partition coefficient (Wildman–Crippen LogP) is 4.22. The Kier molecular flexibility index (Phi) is 4.25. The van der Waals surface area contributed by atoms with E-state index in [0.717, 1.165) is 24.2 Å². The third-order valence-electron chi connectivity index (χ3n) is 3.25. The van der Waals surface area contributed by atoms with Crippen LogP contribution in [0.25, 0.3) is 0 Å². The number of aryl methyl sites for hydroxylation is 2. The molecule has 1 unspecified atom stereocenters. The van der Waals surface area contributed by atoms with Crippen molar-refractivity contribution in [2.75, 3.05) is 0 Å². The van der Waals surface area contributed by atoms with Gasteiger partial charge in [0.25, 0.3) is 0 Å². The van der Waals surface area contributed by atoms with Gasteiger partial charge in [-0.2, -0.15) is 0 Å². The van der Waals surface area contributed by atoms with E-state index in [1.807, 2.05) is 12.1 Å². The first-order valence-electron chi connectivity index (χ1n) is 6.28. The van der Waals surface area contributed by atoms with E-state index in [1.54, 1.807) is 0 Å². The Balaban J connectivity index is 2.33. The molecule has 0 saturated heterocycles. The zero-order valence-corrected chi connectivity index (χ0v) is 12.3. The number of furan rings is 1. The number of rotatable bonds is 4. The lowest BCUT2D eigenvalue weighted by molar-refractivity contribution is 0.470. The van der Waals surface area contributed by atoms with E-state index >= 15 is 0 Å². The van der Waals surface area contributed by atoms with Crippen molar-refractivity contribution in [2.45, 2.75) is 32.7 Å². The van der Waals surface area contributed by atoms with Crippen LogP contribution in [0, 0.1) is 0 Å². The maximum absolute atomic E-state index is 6.23. The summed E-state index contributed by atoms with van der Waals surface area (Å²) in [7, 11) is 0. The van der Waals surface area contributed by atoms with E-state index in [1.165, 1.54) is 11.1 Å². The molecule has 0 radical (unpaired) electrons. The van der Waals surface area contributed by atoms with Gasteiger partial charge in [0.1, 0.15) is 5.76 Å². The second-order valence-corrected chi connectivity index (χ2v) is 5.14. The summed E-state index contributed by atoms with van der Waals surface area (Å²) in [5.41, 5.74) is 10.1. The van der Waals surface area contributed by atoms with E-state index < -0.39 is 0 Å². The van der Waals surface area contributed by atoms with Gasteiger partial charge in [-0.3, -0.25) is 0 Å². The Morgan fingerprint density at radius 1 is 1.11 bits per heavy atom. The topological polar surface area (TPSA) is 39.2 Å². The first-order valence-corrected chi connectivity index (χ1v) is 7.07. The molecular formula is C15H18BrNO. The normalized spacial score (nSPS) is 12.7. The minimum Gasteiger partial charge on any atom is -0.452 e. The fraction of sp³-hybridized carbons (Fsp3) is 0.333. The van der Waals surface area contributed by atoms with E-state index in [0.29, 0.717) is 4.67 Å².